The number of urea groups is 1. The zero-order valence-electron chi connectivity index (χ0n) is 14.1. The predicted molar refractivity (Wildman–Crippen MR) is 94.2 cm³/mol. The van der Waals surface area contributed by atoms with Crippen molar-refractivity contribution < 1.29 is 9.59 Å². The monoisotopic (exact) mass is 349 g/mol. The molecule has 1 aromatic carbocycles. The quantitative estimate of drug-likeness (QED) is 0.912. The Morgan fingerprint density at radius 1 is 1.17 bits per heavy atom. The number of benzene rings is 1. The highest BCUT2D eigenvalue weighted by Gasteiger charge is 2.48. The summed E-state index contributed by atoms with van der Waals surface area (Å²) in [4.78, 5) is 28.8. The highest BCUT2D eigenvalue weighted by Crippen LogP contribution is 2.45. The minimum absolute atomic E-state index is 0.0437. The molecule has 1 aliphatic carbocycles. The fourth-order valence-electron chi connectivity index (χ4n) is 3.62. The zero-order chi connectivity index (χ0) is 17.2. The number of halogens is 1. The molecule has 130 valence electrons. The Bertz CT molecular complexity index is 622. The van der Waals surface area contributed by atoms with Crippen molar-refractivity contribution in [1.82, 2.24) is 15.1 Å². The van der Waals surface area contributed by atoms with Crippen LogP contribution >= 0.6 is 11.6 Å². The molecule has 0 bridgehead atoms. The summed E-state index contributed by atoms with van der Waals surface area (Å²) >= 11 is 6.13. The van der Waals surface area contributed by atoms with Gasteiger partial charge in [-0.05, 0) is 37.5 Å². The third-order valence-electron chi connectivity index (χ3n) is 5.18. The van der Waals surface area contributed by atoms with E-state index in [-0.39, 0.29) is 11.9 Å². The van der Waals surface area contributed by atoms with Crippen LogP contribution in [0.1, 0.15) is 31.7 Å². The van der Waals surface area contributed by atoms with Gasteiger partial charge in [-0.1, -0.05) is 30.2 Å². The van der Waals surface area contributed by atoms with Gasteiger partial charge < -0.3 is 15.1 Å². The number of nitrogens with zero attached hydrogens (tertiary/aromatic N) is 2. The van der Waals surface area contributed by atoms with Crippen LogP contribution < -0.4 is 5.32 Å². The molecule has 0 unspecified atom stereocenters. The summed E-state index contributed by atoms with van der Waals surface area (Å²) in [5, 5.41) is 3.49. The first kappa shape index (κ1) is 17.1. The molecule has 1 heterocycles. The molecule has 1 aliphatic heterocycles. The first-order valence-corrected chi connectivity index (χ1v) is 9.03. The molecule has 0 radical (unpaired) electrons. The van der Waals surface area contributed by atoms with Crippen molar-refractivity contribution in [1.29, 1.82) is 0 Å². The smallest absolute Gasteiger partial charge is 0.317 e. The predicted octanol–water partition coefficient (Wildman–Crippen LogP) is 2.64. The SMILES string of the molecule is CCNC(=O)N1CCN(C(=O)C2(c3cccc(Cl)c3)CCC2)CC1. The third-order valence-corrected chi connectivity index (χ3v) is 5.41. The molecule has 2 aliphatic rings. The maximum atomic E-state index is 13.2. The van der Waals surface area contributed by atoms with Crippen molar-refractivity contribution in [3.05, 3.63) is 34.9 Å². The third kappa shape index (κ3) is 3.09. The molecular formula is C18H24ClN3O2. The van der Waals surface area contributed by atoms with Gasteiger partial charge in [0, 0.05) is 37.7 Å². The largest absolute Gasteiger partial charge is 0.338 e. The summed E-state index contributed by atoms with van der Waals surface area (Å²) in [7, 11) is 0. The highest BCUT2D eigenvalue weighted by molar-refractivity contribution is 6.30. The minimum atomic E-state index is -0.418. The molecule has 0 aromatic heterocycles. The second kappa shape index (κ2) is 7.01. The number of amides is 3. The molecule has 1 saturated heterocycles. The van der Waals surface area contributed by atoms with Gasteiger partial charge in [-0.25, -0.2) is 4.79 Å². The van der Waals surface area contributed by atoms with Gasteiger partial charge >= 0.3 is 6.03 Å². The van der Waals surface area contributed by atoms with Crippen LogP contribution in [0.4, 0.5) is 4.79 Å². The van der Waals surface area contributed by atoms with Crippen LogP contribution in [0.15, 0.2) is 24.3 Å². The summed E-state index contributed by atoms with van der Waals surface area (Å²) in [5.41, 5.74) is 0.607. The molecule has 0 atom stereocenters. The maximum absolute atomic E-state index is 13.2. The van der Waals surface area contributed by atoms with Gasteiger partial charge in [0.15, 0.2) is 0 Å². The van der Waals surface area contributed by atoms with E-state index in [1.165, 1.54) is 0 Å². The van der Waals surface area contributed by atoms with Crippen molar-refractivity contribution in [3.8, 4) is 0 Å². The molecule has 1 saturated carbocycles. The van der Waals surface area contributed by atoms with Gasteiger partial charge in [0.05, 0.1) is 5.41 Å². The van der Waals surface area contributed by atoms with Crippen molar-refractivity contribution in [2.75, 3.05) is 32.7 Å². The van der Waals surface area contributed by atoms with Crippen LogP contribution in [0, 0.1) is 0 Å². The molecule has 1 N–H and O–H groups in total. The molecular weight excluding hydrogens is 326 g/mol. The van der Waals surface area contributed by atoms with Gasteiger partial charge in [0.1, 0.15) is 0 Å². The molecule has 5 nitrogen and oxygen atoms in total. The van der Waals surface area contributed by atoms with Crippen molar-refractivity contribution in [2.45, 2.75) is 31.6 Å². The lowest BCUT2D eigenvalue weighted by Crippen LogP contribution is -2.58. The van der Waals surface area contributed by atoms with E-state index in [0.29, 0.717) is 37.7 Å². The number of nitrogens with one attached hydrogen (secondary N) is 1. The van der Waals surface area contributed by atoms with E-state index >= 15 is 0 Å². The first-order valence-electron chi connectivity index (χ1n) is 8.65. The number of hydrogen-bond donors (Lipinski definition) is 1. The van der Waals surface area contributed by atoms with Gasteiger partial charge in [0.25, 0.3) is 0 Å². The fourth-order valence-corrected chi connectivity index (χ4v) is 3.81. The van der Waals surface area contributed by atoms with Crippen molar-refractivity contribution >= 4 is 23.5 Å². The van der Waals surface area contributed by atoms with E-state index in [9.17, 15) is 9.59 Å². The van der Waals surface area contributed by atoms with Crippen LogP contribution in [-0.4, -0.2) is 54.5 Å². The average Bonchev–Trinajstić information content (AvgIpc) is 2.54. The summed E-state index contributed by atoms with van der Waals surface area (Å²) in [6, 6.07) is 7.64. The minimum Gasteiger partial charge on any atom is -0.338 e. The van der Waals surface area contributed by atoms with Crippen molar-refractivity contribution in [2.24, 2.45) is 0 Å². The maximum Gasteiger partial charge on any atom is 0.317 e. The van der Waals surface area contributed by atoms with Gasteiger partial charge in [-0.3, -0.25) is 4.79 Å². The number of carbonyl (C=O) groups is 2. The number of hydrogen-bond acceptors (Lipinski definition) is 2. The molecule has 0 spiro atoms. The van der Waals surface area contributed by atoms with Gasteiger partial charge in [0.2, 0.25) is 5.91 Å². The Hall–Kier alpha value is -1.75. The van der Waals surface area contributed by atoms with Crippen LogP contribution in [0.3, 0.4) is 0 Å². The van der Waals surface area contributed by atoms with Crippen LogP contribution in [-0.2, 0) is 10.2 Å². The van der Waals surface area contributed by atoms with Crippen LogP contribution in [0.25, 0.3) is 0 Å². The second-order valence-corrected chi connectivity index (χ2v) is 7.00. The summed E-state index contributed by atoms with van der Waals surface area (Å²) < 4.78 is 0. The lowest BCUT2D eigenvalue weighted by molar-refractivity contribution is -0.142. The molecule has 6 heteroatoms. The first-order chi connectivity index (χ1) is 11.6. The average molecular weight is 350 g/mol. The lowest BCUT2D eigenvalue weighted by atomic mass is 9.63. The summed E-state index contributed by atoms with van der Waals surface area (Å²) in [5.74, 6) is 0.187. The highest BCUT2D eigenvalue weighted by atomic mass is 35.5. The Balaban J connectivity index is 1.69. The molecule has 2 fully saturated rings. The molecule has 3 rings (SSSR count). The Kier molecular flexibility index (Phi) is 4.99. The van der Waals surface area contributed by atoms with E-state index in [4.69, 9.17) is 11.6 Å². The van der Waals surface area contributed by atoms with E-state index in [2.05, 4.69) is 5.32 Å². The van der Waals surface area contributed by atoms with Crippen molar-refractivity contribution in [3.63, 3.8) is 0 Å². The Morgan fingerprint density at radius 3 is 2.38 bits per heavy atom. The Morgan fingerprint density at radius 2 is 1.83 bits per heavy atom. The lowest BCUT2D eigenvalue weighted by Gasteiger charge is -2.46. The van der Waals surface area contributed by atoms with Gasteiger partial charge in [-0.15, -0.1) is 0 Å². The Labute approximate surface area is 147 Å². The standard InChI is InChI=1S/C18H24ClN3O2/c1-2-20-17(24)22-11-9-21(10-12-22)16(23)18(7-4-8-18)14-5-3-6-15(19)13-14/h3,5-6,13H,2,4,7-12H2,1H3,(H,20,24). The molecule has 1 aromatic rings. The van der Waals surface area contributed by atoms with E-state index in [0.717, 1.165) is 24.8 Å². The summed E-state index contributed by atoms with van der Waals surface area (Å²) in [6.07, 6.45) is 2.82. The van der Waals surface area contributed by atoms with Gasteiger partial charge in [-0.2, -0.15) is 0 Å². The van der Waals surface area contributed by atoms with E-state index < -0.39 is 5.41 Å². The number of carbonyl (C=O) groups excluding carboxylic acids is 2. The number of piperazine rings is 1. The normalized spacial score (nSPS) is 19.6. The zero-order valence-corrected chi connectivity index (χ0v) is 14.8. The fraction of sp³-hybridized carbons (Fsp3) is 0.556. The van der Waals surface area contributed by atoms with Crippen LogP contribution in [0.2, 0.25) is 5.02 Å². The topological polar surface area (TPSA) is 52.7 Å². The summed E-state index contributed by atoms with van der Waals surface area (Å²) in [6.45, 7) is 4.89. The van der Waals surface area contributed by atoms with E-state index in [1.54, 1.807) is 4.90 Å². The number of rotatable bonds is 3. The van der Waals surface area contributed by atoms with Crippen LogP contribution in [0.5, 0.6) is 0 Å². The van der Waals surface area contributed by atoms with E-state index in [1.807, 2.05) is 36.1 Å². The second-order valence-electron chi connectivity index (χ2n) is 6.56. The molecule has 24 heavy (non-hydrogen) atoms. The molecule has 3 amide bonds.